The van der Waals surface area contributed by atoms with E-state index in [-0.39, 0.29) is 85.3 Å². The largest absolute Gasteiger partial charge is 0.414 e. The summed E-state index contributed by atoms with van der Waals surface area (Å²) < 4.78 is 6.62. The Morgan fingerprint density at radius 3 is 0.979 bits per heavy atom. The van der Waals surface area contributed by atoms with Gasteiger partial charge < -0.3 is 76.4 Å². The second-order valence-corrected chi connectivity index (χ2v) is 47.1. The van der Waals surface area contributed by atoms with Crippen molar-refractivity contribution in [1.29, 1.82) is 0 Å². The zero-order valence-electron chi connectivity index (χ0n) is 81.3. The van der Waals surface area contributed by atoms with Crippen molar-refractivity contribution >= 4 is 175 Å². The van der Waals surface area contributed by atoms with Crippen LogP contribution in [0.5, 0.6) is 0 Å². The lowest BCUT2D eigenvalue weighted by molar-refractivity contribution is -0.131. The monoisotopic (exact) mass is 2040 g/mol. The van der Waals surface area contributed by atoms with Crippen molar-refractivity contribution < 1.29 is 44.0 Å². The molecule has 0 bridgehead atoms. The Hall–Kier alpha value is -13.4. The molecule has 16 aromatic rings. The van der Waals surface area contributed by atoms with Crippen molar-refractivity contribution in [3.63, 3.8) is 0 Å². The highest BCUT2D eigenvalue weighted by molar-refractivity contribution is 7.20. The van der Waals surface area contributed by atoms with Crippen LogP contribution in [0.3, 0.4) is 0 Å². The highest BCUT2D eigenvalue weighted by Gasteiger charge is 2.39. The quantitative estimate of drug-likeness (QED) is 0.0169. The van der Waals surface area contributed by atoms with E-state index in [1.54, 1.807) is 99.3 Å². The molecule has 4 amide bonds. The summed E-state index contributed by atoms with van der Waals surface area (Å²) in [5.41, 5.74) is 12.4. The topological polar surface area (TPSA) is 372 Å². The average molecular weight is 2040 g/mol. The first-order chi connectivity index (χ1) is 70.1. The maximum Gasteiger partial charge on any atom is 0.246 e. The number of aliphatic hydroxyl groups is 4. The molecule has 0 fully saturated rings. The van der Waals surface area contributed by atoms with Gasteiger partial charge in [-0.25, -0.2) is 49.8 Å². The summed E-state index contributed by atoms with van der Waals surface area (Å²) in [5.74, 6) is 3.97. The number of carbonyl (C=O) groups is 4. The first kappa shape index (κ1) is 102. The lowest BCUT2D eigenvalue weighted by Crippen LogP contribution is -2.42. The smallest absolute Gasteiger partial charge is 0.246 e. The molecule has 21 rings (SSSR count). The van der Waals surface area contributed by atoms with Gasteiger partial charge in [-0.05, 0) is 136 Å². The number of hydrogen-bond acceptors (Lipinski definition) is 30. The minimum atomic E-state index is -1.92. The molecule has 15 heterocycles. The lowest BCUT2D eigenvalue weighted by Gasteiger charge is -2.37. The second kappa shape index (κ2) is 47.4. The Bertz CT molecular complexity index is 7200. The molecule has 29 nitrogen and oxygen atoms in total. The molecule has 0 saturated carbocycles. The zero-order chi connectivity index (χ0) is 100. The van der Waals surface area contributed by atoms with Crippen LogP contribution in [-0.4, -0.2) is 188 Å². The van der Waals surface area contributed by atoms with E-state index in [0.717, 1.165) is 169 Å². The van der Waals surface area contributed by atoms with Crippen LogP contribution in [0, 0.1) is 0 Å². The van der Waals surface area contributed by atoms with E-state index in [2.05, 4.69) is 153 Å². The molecule has 0 radical (unpaired) electrons. The second-order valence-electron chi connectivity index (χ2n) is 36.9. The number of fused-ring (bicyclic) bond motifs is 15. The molecule has 6 aromatic carbocycles. The van der Waals surface area contributed by atoms with Gasteiger partial charge in [-0.15, -0.1) is 56.7 Å². The summed E-state index contributed by atoms with van der Waals surface area (Å²) >= 11 is 8.21. The van der Waals surface area contributed by atoms with Crippen LogP contribution < -0.4 is 31.9 Å². The standard InChI is InChI=1S/C26H34N4O2SSi.C26H24N4O2S.C20H22N4O2S.C20H20N4O2S.C17H18N4OS/c1-7-22(31)30-14-13-19-21(15-30)33-25-23(19)24(27-17-28-25)29-20(18-11-9-8-10-12-18)16-32-34(5,6)26(2,3)4;31-16-21(19-9-5-2-6-10-19)29-25-24-20-13-14-30(15-22(20)33-26(24)28-17-27-25)23(32)12-11-18-7-3-1-4-8-18;2*1-2-17(26)24-9-8-14-16(10-24)27-20-18(14)19(21-12-22-20)23-15(11-25)13-6-4-3-5-7-13;22-9-13(11-4-2-1-3-5-11)21-16-15-12-6-7-18-8-14(12)23-17(15)20-10-19-16/h7-12,17,20H,1,13-16H2,2-6H3,(H,27,28,29);1-12,17,21,31H,13-16H2,(H,27,28,29);3-7,12,15,25H,2,8-11H2,1H3,(H,21,22,23);2-7,12,15,25H,1,8-11H2,(H,21,22,23);1-5,10,13,18,22H,6-9H2,(H,19,20,21)/b;12-11+;;;/t20-;21-;2*15-;13-/m11111/s1. The van der Waals surface area contributed by atoms with Crippen molar-refractivity contribution in [3.8, 4) is 0 Å². The summed E-state index contributed by atoms with van der Waals surface area (Å²) in [4.78, 5) is 112. The van der Waals surface area contributed by atoms with Crippen molar-refractivity contribution in [2.24, 2.45) is 0 Å². The maximum atomic E-state index is 12.8. The van der Waals surface area contributed by atoms with E-state index in [4.69, 9.17) is 4.43 Å². The highest BCUT2D eigenvalue weighted by Crippen LogP contribution is 2.46. The third kappa shape index (κ3) is 23.6. The van der Waals surface area contributed by atoms with Gasteiger partial charge in [0.2, 0.25) is 23.6 Å². The molecule has 5 aliphatic heterocycles. The van der Waals surface area contributed by atoms with E-state index < -0.39 is 8.32 Å². The minimum Gasteiger partial charge on any atom is -0.414 e. The molecule has 35 heteroatoms. The van der Waals surface area contributed by atoms with Gasteiger partial charge in [0.25, 0.3) is 0 Å². The van der Waals surface area contributed by atoms with E-state index in [1.165, 1.54) is 60.2 Å². The molecule has 0 spiro atoms. The number of aromatic nitrogens is 10. The van der Waals surface area contributed by atoms with Gasteiger partial charge in [-0.3, -0.25) is 19.2 Å². The third-order valence-corrected chi connectivity index (χ3v) is 37.1. The van der Waals surface area contributed by atoms with Crippen LogP contribution in [0.25, 0.3) is 57.2 Å². The number of nitrogens with one attached hydrogen (secondary N) is 6. The van der Waals surface area contributed by atoms with Gasteiger partial charge in [-0.2, -0.15) is 0 Å². The normalized spacial score (nSPS) is 14.8. The molecule has 5 atom stereocenters. The Balaban J connectivity index is 0.000000124. The van der Waals surface area contributed by atoms with Gasteiger partial charge in [0.05, 0.1) is 116 Å². The van der Waals surface area contributed by atoms with Gasteiger partial charge in [-0.1, -0.05) is 223 Å². The van der Waals surface area contributed by atoms with E-state index in [0.29, 0.717) is 58.8 Å². The number of carbonyl (C=O) groups excluding carboxylic acids is 4. The van der Waals surface area contributed by atoms with Crippen molar-refractivity contribution in [1.82, 2.24) is 74.8 Å². The number of aliphatic hydroxyl groups excluding tert-OH is 4. The molecular formula is C109H118N20O9S5Si. The molecule has 10 N–H and O–H groups in total. The lowest BCUT2D eigenvalue weighted by atomic mass is 10.0. The predicted octanol–water partition coefficient (Wildman–Crippen LogP) is 18.9. The van der Waals surface area contributed by atoms with Crippen molar-refractivity contribution in [2.45, 2.75) is 147 Å². The van der Waals surface area contributed by atoms with Crippen LogP contribution in [0.15, 0.2) is 245 Å². The fourth-order valence-electron chi connectivity index (χ4n) is 18.1. The predicted molar refractivity (Wildman–Crippen MR) is 581 cm³/mol. The highest BCUT2D eigenvalue weighted by atomic mass is 32.1. The molecule has 5 aliphatic rings. The maximum absolute atomic E-state index is 12.8. The van der Waals surface area contributed by atoms with Crippen molar-refractivity contribution in [2.75, 3.05) is 92.3 Å². The molecule has 10 aromatic heterocycles. The number of benzene rings is 6. The number of hydrogen-bond donors (Lipinski definition) is 10. The molecule has 0 unspecified atom stereocenters. The Kier molecular flexibility index (Phi) is 33.6. The summed E-state index contributed by atoms with van der Waals surface area (Å²) in [6, 6.07) is 58.8. The summed E-state index contributed by atoms with van der Waals surface area (Å²) in [6.45, 7) is 27.9. The Morgan fingerprint density at radius 2 is 0.674 bits per heavy atom. The average Bonchev–Trinajstić information content (AvgIpc) is 1.74. The van der Waals surface area contributed by atoms with Gasteiger partial charge in [0.1, 0.15) is 84.9 Å². The van der Waals surface area contributed by atoms with E-state index in [1.807, 2.05) is 185 Å². The van der Waals surface area contributed by atoms with Crippen LogP contribution in [-0.2, 0) is 88.4 Å². The van der Waals surface area contributed by atoms with Crippen LogP contribution in [0.2, 0.25) is 18.1 Å². The molecule has 0 saturated heterocycles. The van der Waals surface area contributed by atoms with Gasteiger partial charge >= 0.3 is 0 Å². The van der Waals surface area contributed by atoms with Crippen LogP contribution >= 0.6 is 56.7 Å². The molecule has 742 valence electrons. The van der Waals surface area contributed by atoms with E-state index in [9.17, 15) is 39.6 Å². The Labute approximate surface area is 857 Å². The number of amides is 4. The minimum absolute atomic E-state index is 0.0100. The van der Waals surface area contributed by atoms with Gasteiger partial charge in [0, 0.05) is 69.6 Å². The summed E-state index contributed by atoms with van der Waals surface area (Å²) in [7, 11) is -1.92. The van der Waals surface area contributed by atoms with Crippen LogP contribution in [0.4, 0.5) is 29.1 Å². The summed E-state index contributed by atoms with van der Waals surface area (Å²) in [6.07, 6.45) is 18.7. The number of nitrogens with zero attached hydrogens (tertiary/aromatic N) is 14. The molecule has 0 aliphatic carbocycles. The number of rotatable bonds is 27. The SMILES string of the molecule is C=CC(=O)N1CCc2c(sc3ncnc(N[C@H](CO)c4ccccc4)c23)C1.C=CC(=O)N1CCc2c(sc3ncnc(N[C@H](CO[Si](C)(C)C(C)(C)C)c4ccccc4)c23)C1.CCC(=O)N1CCc2c(sc3ncnc(N[C@H](CO)c4ccccc4)c23)C1.O=C(/C=C/c1ccccc1)N1CCc2c(sc3ncnc(N[C@H](CO)c4ccccc4)c23)C1.OC[C@@H](Nc1ncnc2sc3c(c12)CCNC3)c1ccccc1. The zero-order valence-corrected chi connectivity index (χ0v) is 86.4. The Morgan fingerprint density at radius 1 is 0.396 bits per heavy atom. The van der Waals surface area contributed by atoms with Crippen LogP contribution in [0.1, 0.15) is 150 Å². The third-order valence-electron chi connectivity index (χ3n) is 26.9. The fraction of sp³-hybridized carbons (Fsp3) is 0.303. The first-order valence-electron chi connectivity index (χ1n) is 48.4. The fourth-order valence-corrected chi connectivity index (χ4v) is 25.1. The number of anilines is 5. The van der Waals surface area contributed by atoms with E-state index >= 15 is 0 Å². The molecular weight excluding hydrogens is 1920 g/mol. The summed E-state index contributed by atoms with van der Waals surface area (Å²) in [5, 5.41) is 65.5. The van der Waals surface area contributed by atoms with Gasteiger partial charge in [0.15, 0.2) is 8.32 Å². The first-order valence-corrected chi connectivity index (χ1v) is 55.3. The number of thiophene rings is 5. The molecule has 144 heavy (non-hydrogen) atoms. The van der Waals surface area contributed by atoms with Crippen molar-refractivity contribution in [3.05, 3.63) is 331 Å².